The fourth-order valence-corrected chi connectivity index (χ4v) is 2.51. The van der Waals surface area contributed by atoms with Crippen LogP contribution < -0.4 is 0 Å². The standard InChI is InChI=1S/C12H11ClN2OS/c1-14-12-15(2)11(16)10(17-12)7-8-3-5-9(13)6-4-8/h3-7H,1-2H3/b10-7+,14-12?. The van der Waals surface area contributed by atoms with Gasteiger partial charge in [0.25, 0.3) is 5.91 Å². The van der Waals surface area contributed by atoms with Crippen LogP contribution in [0.5, 0.6) is 0 Å². The average molecular weight is 267 g/mol. The Morgan fingerprint density at radius 3 is 2.53 bits per heavy atom. The lowest BCUT2D eigenvalue weighted by Crippen LogP contribution is -2.23. The molecule has 0 bridgehead atoms. The summed E-state index contributed by atoms with van der Waals surface area (Å²) in [5, 5.41) is 1.40. The van der Waals surface area contributed by atoms with Crippen LogP contribution in [0.25, 0.3) is 6.08 Å². The number of likely N-dealkylation sites (N-methyl/N-ethyl adjacent to an activating group) is 1. The summed E-state index contributed by atoms with van der Waals surface area (Å²) in [5.41, 5.74) is 0.955. The molecule has 1 aliphatic rings. The minimum Gasteiger partial charge on any atom is -0.290 e. The van der Waals surface area contributed by atoms with Gasteiger partial charge in [-0.1, -0.05) is 23.7 Å². The molecule has 0 spiro atoms. The summed E-state index contributed by atoms with van der Waals surface area (Å²) in [4.78, 5) is 18.1. The summed E-state index contributed by atoms with van der Waals surface area (Å²) in [7, 11) is 3.40. The van der Waals surface area contributed by atoms with Gasteiger partial charge >= 0.3 is 0 Å². The normalized spacial score (nSPS) is 20.6. The van der Waals surface area contributed by atoms with Crippen LogP contribution in [0, 0.1) is 0 Å². The predicted octanol–water partition coefficient (Wildman–Crippen LogP) is 2.87. The van der Waals surface area contributed by atoms with Crippen LogP contribution in [0.15, 0.2) is 34.2 Å². The highest BCUT2D eigenvalue weighted by Gasteiger charge is 2.29. The van der Waals surface area contributed by atoms with E-state index in [4.69, 9.17) is 11.6 Å². The van der Waals surface area contributed by atoms with Gasteiger partial charge in [-0.25, -0.2) is 0 Å². The molecule has 0 atom stereocenters. The van der Waals surface area contributed by atoms with E-state index in [0.717, 1.165) is 10.7 Å². The van der Waals surface area contributed by atoms with Gasteiger partial charge in [-0.3, -0.25) is 14.7 Å². The molecule has 1 aromatic rings. The van der Waals surface area contributed by atoms with E-state index in [1.54, 1.807) is 31.1 Å². The van der Waals surface area contributed by atoms with Gasteiger partial charge in [0.05, 0.1) is 4.91 Å². The Bertz CT molecular complexity index is 508. The highest BCUT2D eigenvalue weighted by Crippen LogP contribution is 2.31. The number of hydrogen-bond acceptors (Lipinski definition) is 3. The first-order valence-corrected chi connectivity index (χ1v) is 6.21. The fourth-order valence-electron chi connectivity index (χ4n) is 1.46. The maximum absolute atomic E-state index is 11.9. The summed E-state index contributed by atoms with van der Waals surface area (Å²) in [6, 6.07) is 7.36. The third-order valence-corrected chi connectivity index (χ3v) is 3.77. The van der Waals surface area contributed by atoms with E-state index in [-0.39, 0.29) is 5.91 Å². The van der Waals surface area contributed by atoms with Gasteiger partial charge in [0.15, 0.2) is 5.17 Å². The van der Waals surface area contributed by atoms with Crippen molar-refractivity contribution in [1.29, 1.82) is 0 Å². The van der Waals surface area contributed by atoms with E-state index in [1.165, 1.54) is 11.8 Å². The smallest absolute Gasteiger partial charge is 0.266 e. The van der Waals surface area contributed by atoms with Crippen LogP contribution in [0.2, 0.25) is 5.02 Å². The highest BCUT2D eigenvalue weighted by atomic mass is 35.5. The molecule has 2 rings (SSSR count). The third kappa shape index (κ3) is 2.53. The monoisotopic (exact) mass is 266 g/mol. The Hall–Kier alpha value is -1.26. The zero-order valence-corrected chi connectivity index (χ0v) is 11.0. The Balaban J connectivity index is 2.30. The number of rotatable bonds is 1. The third-order valence-electron chi connectivity index (χ3n) is 2.36. The second-order valence-corrected chi connectivity index (χ2v) is 4.98. The van der Waals surface area contributed by atoms with Crippen molar-refractivity contribution in [3.63, 3.8) is 0 Å². The Kier molecular flexibility index (Phi) is 3.54. The van der Waals surface area contributed by atoms with Crippen molar-refractivity contribution < 1.29 is 4.79 Å². The first-order valence-electron chi connectivity index (χ1n) is 5.02. The van der Waals surface area contributed by atoms with Crippen LogP contribution in [0.1, 0.15) is 5.56 Å². The Labute approximate surface area is 109 Å². The predicted molar refractivity (Wildman–Crippen MR) is 73.1 cm³/mol. The number of benzene rings is 1. The Morgan fingerprint density at radius 1 is 1.35 bits per heavy atom. The molecule has 17 heavy (non-hydrogen) atoms. The largest absolute Gasteiger partial charge is 0.290 e. The van der Waals surface area contributed by atoms with Crippen molar-refractivity contribution >= 4 is 40.5 Å². The number of aliphatic imine (C=N–C) groups is 1. The fraction of sp³-hybridized carbons (Fsp3) is 0.167. The number of carbonyl (C=O) groups excluding carboxylic acids is 1. The number of hydrogen-bond donors (Lipinski definition) is 0. The van der Waals surface area contributed by atoms with Gasteiger partial charge in [0, 0.05) is 19.1 Å². The van der Waals surface area contributed by atoms with Crippen molar-refractivity contribution in [3.8, 4) is 0 Å². The van der Waals surface area contributed by atoms with E-state index in [0.29, 0.717) is 9.93 Å². The van der Waals surface area contributed by atoms with Gasteiger partial charge in [-0.05, 0) is 35.5 Å². The molecule has 0 radical (unpaired) electrons. The van der Waals surface area contributed by atoms with E-state index in [2.05, 4.69) is 4.99 Å². The molecule has 1 heterocycles. The van der Waals surface area contributed by atoms with E-state index >= 15 is 0 Å². The maximum Gasteiger partial charge on any atom is 0.266 e. The zero-order chi connectivity index (χ0) is 12.4. The molecule has 1 amide bonds. The van der Waals surface area contributed by atoms with Crippen LogP contribution in [0.4, 0.5) is 0 Å². The first kappa shape index (κ1) is 12.2. The first-order chi connectivity index (χ1) is 8.11. The number of amidine groups is 1. The minimum absolute atomic E-state index is 0.0226. The SMILES string of the molecule is CN=C1S/C(=C/c2ccc(Cl)cc2)C(=O)N1C. The van der Waals surface area contributed by atoms with E-state index in [1.807, 2.05) is 18.2 Å². The lowest BCUT2D eigenvalue weighted by molar-refractivity contribution is -0.121. The summed E-state index contributed by atoms with van der Waals surface area (Å²) in [6.45, 7) is 0. The zero-order valence-electron chi connectivity index (χ0n) is 9.48. The van der Waals surface area contributed by atoms with E-state index in [9.17, 15) is 4.79 Å². The van der Waals surface area contributed by atoms with Crippen molar-refractivity contribution in [2.45, 2.75) is 0 Å². The number of thioether (sulfide) groups is 1. The van der Waals surface area contributed by atoms with Crippen LogP contribution in [-0.2, 0) is 4.79 Å². The quantitative estimate of drug-likeness (QED) is 0.732. The van der Waals surface area contributed by atoms with Crippen LogP contribution in [-0.4, -0.2) is 30.1 Å². The topological polar surface area (TPSA) is 32.7 Å². The molecule has 88 valence electrons. The second-order valence-electron chi connectivity index (χ2n) is 3.53. The summed E-state index contributed by atoms with van der Waals surface area (Å²) < 4.78 is 0. The van der Waals surface area contributed by atoms with Crippen molar-refractivity contribution in [3.05, 3.63) is 39.8 Å². The number of nitrogens with zero attached hydrogens (tertiary/aromatic N) is 2. The lowest BCUT2D eigenvalue weighted by atomic mass is 10.2. The molecule has 0 N–H and O–H groups in total. The molecule has 3 nitrogen and oxygen atoms in total. The van der Waals surface area contributed by atoms with Gasteiger partial charge in [-0.2, -0.15) is 0 Å². The molecule has 0 aromatic heterocycles. The van der Waals surface area contributed by atoms with Gasteiger partial charge in [0.2, 0.25) is 0 Å². The van der Waals surface area contributed by atoms with Gasteiger partial charge < -0.3 is 0 Å². The molecular weight excluding hydrogens is 256 g/mol. The van der Waals surface area contributed by atoms with Crippen molar-refractivity contribution in [1.82, 2.24) is 4.90 Å². The summed E-state index contributed by atoms with van der Waals surface area (Å²) in [5.74, 6) is -0.0226. The maximum atomic E-state index is 11.9. The van der Waals surface area contributed by atoms with Gasteiger partial charge in [0.1, 0.15) is 0 Å². The lowest BCUT2D eigenvalue weighted by Gasteiger charge is -2.05. The molecule has 1 fully saturated rings. The highest BCUT2D eigenvalue weighted by molar-refractivity contribution is 8.18. The minimum atomic E-state index is -0.0226. The molecule has 0 saturated carbocycles. The van der Waals surface area contributed by atoms with Crippen LogP contribution >= 0.6 is 23.4 Å². The molecule has 1 aromatic carbocycles. The summed E-state index contributed by atoms with van der Waals surface area (Å²) >= 11 is 7.19. The van der Waals surface area contributed by atoms with Crippen LogP contribution in [0.3, 0.4) is 0 Å². The number of halogens is 1. The van der Waals surface area contributed by atoms with Gasteiger partial charge in [-0.15, -0.1) is 0 Å². The van der Waals surface area contributed by atoms with E-state index < -0.39 is 0 Å². The second kappa shape index (κ2) is 4.94. The molecule has 1 saturated heterocycles. The average Bonchev–Trinajstić information content (AvgIpc) is 2.60. The molecule has 1 aliphatic heterocycles. The van der Waals surface area contributed by atoms with Crippen molar-refractivity contribution in [2.75, 3.05) is 14.1 Å². The molecule has 0 aliphatic carbocycles. The summed E-state index contributed by atoms with van der Waals surface area (Å²) in [6.07, 6.45) is 1.85. The molecular formula is C12H11ClN2OS. The number of carbonyl (C=O) groups is 1. The van der Waals surface area contributed by atoms with Crippen molar-refractivity contribution in [2.24, 2.45) is 4.99 Å². The molecule has 0 unspecified atom stereocenters. The molecule has 5 heteroatoms. The number of amides is 1. The Morgan fingerprint density at radius 2 is 2.00 bits per heavy atom.